The highest BCUT2D eigenvalue weighted by Gasteiger charge is 2.13. The first-order valence-electron chi connectivity index (χ1n) is 6.78. The normalized spacial score (nSPS) is 10.1. The Kier molecular flexibility index (Phi) is 4.73. The Balaban J connectivity index is 2.03. The second-order valence-electron chi connectivity index (χ2n) is 5.00. The average molecular weight is 299 g/mol. The molecule has 0 heterocycles. The molecule has 2 aromatic carbocycles. The van der Waals surface area contributed by atoms with Crippen molar-refractivity contribution in [3.63, 3.8) is 0 Å². The first-order valence-corrected chi connectivity index (χ1v) is 6.78. The summed E-state index contributed by atoms with van der Waals surface area (Å²) < 4.78 is 0. The molecule has 0 aromatic heterocycles. The number of nitro benzene ring substituents is 1. The number of para-hydroxylation sites is 1. The van der Waals surface area contributed by atoms with Crippen molar-refractivity contribution in [2.24, 2.45) is 0 Å². The Hall–Kier alpha value is -2.89. The van der Waals surface area contributed by atoms with Gasteiger partial charge in [-0.3, -0.25) is 14.9 Å². The van der Waals surface area contributed by atoms with Gasteiger partial charge in [-0.05, 0) is 25.1 Å². The summed E-state index contributed by atoms with van der Waals surface area (Å²) in [4.78, 5) is 24.3. The van der Waals surface area contributed by atoms with Gasteiger partial charge in [0.2, 0.25) is 5.91 Å². The number of likely N-dealkylation sites (N-methyl/N-ethyl adjacent to an activating group) is 1. The van der Waals surface area contributed by atoms with Gasteiger partial charge in [-0.15, -0.1) is 0 Å². The number of carbonyl (C=O) groups excluding carboxylic acids is 1. The molecule has 0 unspecified atom stereocenters. The van der Waals surface area contributed by atoms with Gasteiger partial charge in [0.15, 0.2) is 0 Å². The molecule has 6 heteroatoms. The monoisotopic (exact) mass is 299 g/mol. The number of hydrogen-bond donors (Lipinski definition) is 1. The van der Waals surface area contributed by atoms with Crippen LogP contribution in [0.4, 0.5) is 17.1 Å². The molecule has 0 saturated heterocycles. The quantitative estimate of drug-likeness (QED) is 0.680. The van der Waals surface area contributed by atoms with Crippen molar-refractivity contribution in [1.29, 1.82) is 0 Å². The van der Waals surface area contributed by atoms with Crippen molar-refractivity contribution in [2.45, 2.75) is 6.92 Å². The molecule has 2 aromatic rings. The van der Waals surface area contributed by atoms with Gasteiger partial charge in [0.25, 0.3) is 5.69 Å². The predicted octanol–water partition coefficient (Wildman–Crippen LogP) is 2.98. The van der Waals surface area contributed by atoms with Crippen molar-refractivity contribution >= 4 is 23.0 Å². The van der Waals surface area contributed by atoms with Gasteiger partial charge in [-0.2, -0.15) is 0 Å². The molecule has 0 radical (unpaired) electrons. The van der Waals surface area contributed by atoms with Gasteiger partial charge >= 0.3 is 0 Å². The number of aryl methyl sites for hydroxylation is 1. The molecule has 2 rings (SSSR count). The molecule has 0 bridgehead atoms. The Morgan fingerprint density at radius 3 is 2.55 bits per heavy atom. The molecule has 0 aliphatic rings. The zero-order valence-corrected chi connectivity index (χ0v) is 12.4. The van der Waals surface area contributed by atoms with E-state index in [4.69, 9.17) is 0 Å². The Labute approximate surface area is 128 Å². The van der Waals surface area contributed by atoms with E-state index < -0.39 is 4.92 Å². The van der Waals surface area contributed by atoms with Crippen LogP contribution in [0.2, 0.25) is 0 Å². The van der Waals surface area contributed by atoms with Crippen LogP contribution < -0.4 is 10.2 Å². The second kappa shape index (κ2) is 6.71. The Bertz CT molecular complexity index is 686. The number of anilines is 2. The minimum Gasteiger partial charge on any atom is -0.365 e. The summed E-state index contributed by atoms with van der Waals surface area (Å²) in [5.41, 5.74) is 1.90. The number of carbonyl (C=O) groups is 1. The van der Waals surface area contributed by atoms with Crippen molar-refractivity contribution in [1.82, 2.24) is 0 Å². The zero-order chi connectivity index (χ0) is 16.1. The molecule has 1 N–H and O–H groups in total. The van der Waals surface area contributed by atoms with Gasteiger partial charge < -0.3 is 10.2 Å². The van der Waals surface area contributed by atoms with Gasteiger partial charge in [0.1, 0.15) is 0 Å². The standard InChI is InChI=1S/C16H17N3O3/c1-12-8-9-13(10-15(12)19(21)22)17-16(20)11-18(2)14-6-4-3-5-7-14/h3-10H,11H2,1-2H3,(H,17,20). The van der Waals surface area contributed by atoms with Crippen LogP contribution in [0.5, 0.6) is 0 Å². The fraction of sp³-hybridized carbons (Fsp3) is 0.188. The van der Waals surface area contributed by atoms with Crippen LogP contribution in [0, 0.1) is 17.0 Å². The van der Waals surface area contributed by atoms with Gasteiger partial charge in [0, 0.05) is 30.1 Å². The number of nitrogens with one attached hydrogen (secondary N) is 1. The van der Waals surface area contributed by atoms with Crippen molar-refractivity contribution in [3.05, 3.63) is 64.2 Å². The van der Waals surface area contributed by atoms with E-state index in [1.54, 1.807) is 24.0 Å². The van der Waals surface area contributed by atoms with Crippen molar-refractivity contribution < 1.29 is 9.72 Å². The molecule has 0 aliphatic carbocycles. The lowest BCUT2D eigenvalue weighted by Gasteiger charge is -2.18. The minimum atomic E-state index is -0.457. The van der Waals surface area contributed by atoms with E-state index >= 15 is 0 Å². The van der Waals surface area contributed by atoms with Crippen LogP contribution in [0.25, 0.3) is 0 Å². The molecular weight excluding hydrogens is 282 g/mol. The maximum atomic E-state index is 12.0. The van der Waals surface area contributed by atoms with Crippen molar-refractivity contribution in [3.8, 4) is 0 Å². The maximum absolute atomic E-state index is 12.0. The summed E-state index contributed by atoms with van der Waals surface area (Å²) in [6.45, 7) is 1.82. The van der Waals surface area contributed by atoms with Crippen LogP contribution in [0.15, 0.2) is 48.5 Å². The van der Waals surface area contributed by atoms with Crippen LogP contribution in [-0.2, 0) is 4.79 Å². The van der Waals surface area contributed by atoms with E-state index in [-0.39, 0.29) is 18.1 Å². The van der Waals surface area contributed by atoms with E-state index in [9.17, 15) is 14.9 Å². The van der Waals surface area contributed by atoms with E-state index in [0.717, 1.165) is 5.69 Å². The predicted molar refractivity (Wildman–Crippen MR) is 86.2 cm³/mol. The molecule has 0 fully saturated rings. The average Bonchev–Trinajstić information content (AvgIpc) is 2.49. The first kappa shape index (κ1) is 15.5. The number of nitrogens with zero attached hydrogens (tertiary/aromatic N) is 2. The largest absolute Gasteiger partial charge is 0.365 e. The summed E-state index contributed by atoms with van der Waals surface area (Å²) in [5.74, 6) is -0.232. The summed E-state index contributed by atoms with van der Waals surface area (Å²) in [5, 5.41) is 13.6. The third kappa shape index (κ3) is 3.82. The molecule has 22 heavy (non-hydrogen) atoms. The number of benzene rings is 2. The Morgan fingerprint density at radius 1 is 1.23 bits per heavy atom. The summed E-state index contributed by atoms with van der Waals surface area (Å²) >= 11 is 0. The zero-order valence-electron chi connectivity index (χ0n) is 12.4. The lowest BCUT2D eigenvalue weighted by molar-refractivity contribution is -0.385. The molecule has 0 aliphatic heterocycles. The highest BCUT2D eigenvalue weighted by atomic mass is 16.6. The highest BCUT2D eigenvalue weighted by molar-refractivity contribution is 5.94. The summed E-state index contributed by atoms with van der Waals surface area (Å²) in [7, 11) is 1.81. The Morgan fingerprint density at radius 2 is 1.91 bits per heavy atom. The SMILES string of the molecule is Cc1ccc(NC(=O)CN(C)c2ccccc2)cc1[N+](=O)[O-]. The molecule has 114 valence electrons. The molecule has 6 nitrogen and oxygen atoms in total. The third-order valence-corrected chi connectivity index (χ3v) is 3.27. The molecule has 0 saturated carbocycles. The van der Waals surface area contributed by atoms with Gasteiger partial charge in [-0.1, -0.05) is 24.3 Å². The smallest absolute Gasteiger partial charge is 0.274 e. The number of hydrogen-bond acceptors (Lipinski definition) is 4. The molecule has 0 spiro atoms. The van der Waals surface area contributed by atoms with Crippen molar-refractivity contribution in [2.75, 3.05) is 23.8 Å². The number of rotatable bonds is 5. The van der Waals surface area contributed by atoms with Gasteiger partial charge in [0.05, 0.1) is 11.5 Å². The third-order valence-electron chi connectivity index (χ3n) is 3.27. The van der Waals surface area contributed by atoms with E-state index in [2.05, 4.69) is 5.32 Å². The lowest BCUT2D eigenvalue weighted by Crippen LogP contribution is -2.30. The fourth-order valence-electron chi connectivity index (χ4n) is 2.07. The number of amides is 1. The van der Waals surface area contributed by atoms with Crippen LogP contribution in [-0.4, -0.2) is 24.4 Å². The topological polar surface area (TPSA) is 75.5 Å². The van der Waals surface area contributed by atoms with E-state index in [1.807, 2.05) is 37.4 Å². The number of nitro groups is 1. The molecular formula is C16H17N3O3. The fourth-order valence-corrected chi connectivity index (χ4v) is 2.07. The lowest BCUT2D eigenvalue weighted by atomic mass is 10.2. The molecule has 1 amide bonds. The van der Waals surface area contributed by atoms with Crippen LogP contribution in [0.1, 0.15) is 5.56 Å². The van der Waals surface area contributed by atoms with Crippen LogP contribution in [0.3, 0.4) is 0 Å². The molecule has 0 atom stereocenters. The summed E-state index contributed by atoms with van der Waals surface area (Å²) in [6.07, 6.45) is 0. The second-order valence-corrected chi connectivity index (χ2v) is 5.00. The first-order chi connectivity index (χ1) is 10.5. The van der Waals surface area contributed by atoms with Crippen LogP contribution >= 0.6 is 0 Å². The highest BCUT2D eigenvalue weighted by Crippen LogP contribution is 2.22. The van der Waals surface area contributed by atoms with E-state index in [0.29, 0.717) is 11.3 Å². The van der Waals surface area contributed by atoms with E-state index in [1.165, 1.54) is 6.07 Å². The van der Waals surface area contributed by atoms with Gasteiger partial charge in [-0.25, -0.2) is 0 Å². The minimum absolute atomic E-state index is 0.00536. The summed E-state index contributed by atoms with van der Waals surface area (Å²) in [6, 6.07) is 14.2. The maximum Gasteiger partial charge on any atom is 0.274 e.